The summed E-state index contributed by atoms with van der Waals surface area (Å²) < 4.78 is 11.3. The molecule has 0 aliphatic heterocycles. The van der Waals surface area contributed by atoms with Gasteiger partial charge >= 0.3 is 0 Å². The minimum atomic E-state index is -0.920. The summed E-state index contributed by atoms with van der Waals surface area (Å²) in [6, 6.07) is 13.1. The molecule has 0 radical (unpaired) electrons. The van der Waals surface area contributed by atoms with Crippen molar-refractivity contribution in [1.29, 1.82) is 0 Å². The predicted octanol–water partition coefficient (Wildman–Crippen LogP) is 3.87. The van der Waals surface area contributed by atoms with Gasteiger partial charge in [0.25, 0.3) is 0 Å². The van der Waals surface area contributed by atoms with E-state index in [-0.39, 0.29) is 36.8 Å². The zero-order valence-electron chi connectivity index (χ0n) is 16.9. The summed E-state index contributed by atoms with van der Waals surface area (Å²) in [5.41, 5.74) is 5.95. The van der Waals surface area contributed by atoms with E-state index in [1.807, 2.05) is 57.2 Å². The summed E-state index contributed by atoms with van der Waals surface area (Å²) in [7, 11) is 0. The van der Waals surface area contributed by atoms with Crippen molar-refractivity contribution in [3.05, 3.63) is 54.2 Å². The van der Waals surface area contributed by atoms with Crippen molar-refractivity contribution in [2.45, 2.75) is 45.4 Å². The van der Waals surface area contributed by atoms with Crippen molar-refractivity contribution in [1.82, 2.24) is 10.3 Å². The summed E-state index contributed by atoms with van der Waals surface area (Å²) in [6.45, 7) is 6.90. The first-order valence-corrected chi connectivity index (χ1v) is 9.23. The molecule has 1 aliphatic carbocycles. The Bertz CT molecular complexity index is 788. The van der Waals surface area contributed by atoms with E-state index in [4.69, 9.17) is 15.2 Å². The van der Waals surface area contributed by atoms with Gasteiger partial charge in [0.1, 0.15) is 11.3 Å². The van der Waals surface area contributed by atoms with Gasteiger partial charge in [-0.1, -0.05) is 38.1 Å². The summed E-state index contributed by atoms with van der Waals surface area (Å²) in [5.74, 6) is 1.08. The zero-order valence-corrected chi connectivity index (χ0v) is 18.5. The number of aromatic nitrogens is 1. The average molecular weight is 442 g/mol. The van der Waals surface area contributed by atoms with Crippen LogP contribution in [-0.2, 0) is 16.1 Å². The van der Waals surface area contributed by atoms with Crippen molar-refractivity contribution < 1.29 is 14.3 Å². The molecule has 0 bridgehead atoms. The second-order valence-corrected chi connectivity index (χ2v) is 7.44. The maximum atomic E-state index is 12.7. The van der Waals surface area contributed by atoms with Crippen molar-refractivity contribution >= 4 is 30.7 Å². The van der Waals surface area contributed by atoms with Gasteiger partial charge in [-0.2, -0.15) is 0 Å². The lowest BCUT2D eigenvalue weighted by Gasteiger charge is -2.57. The molecule has 6 nitrogen and oxygen atoms in total. The van der Waals surface area contributed by atoms with E-state index >= 15 is 0 Å². The summed E-state index contributed by atoms with van der Waals surface area (Å²) in [4.78, 5) is 16.9. The molecule has 2 atom stereocenters. The van der Waals surface area contributed by atoms with Crippen LogP contribution in [0.5, 0.6) is 11.6 Å². The molecular weight excluding hydrogens is 413 g/mol. The topological polar surface area (TPSA) is 86.5 Å². The van der Waals surface area contributed by atoms with Crippen LogP contribution in [0.2, 0.25) is 0 Å². The first kappa shape index (κ1) is 25.2. The number of carbonyl (C=O) groups is 1. The highest BCUT2D eigenvalue weighted by Crippen LogP contribution is 2.49. The highest BCUT2D eigenvalue weighted by Gasteiger charge is 2.62. The van der Waals surface area contributed by atoms with E-state index in [1.165, 1.54) is 0 Å². The molecule has 0 saturated heterocycles. The molecule has 1 heterocycles. The number of halogens is 2. The standard InChI is InChI=1S/C21H27N3O3.2ClH/c1-4-26-17-12-21(22,20(17,2)3)19(25)24-14-15-10-11-18(23-13-15)27-16-8-6-5-7-9-16;;/h5-11,13,17H,4,12,14,22H2,1-3H3,(H,24,25);2*1H. The lowest BCUT2D eigenvalue weighted by molar-refractivity contribution is -0.170. The highest BCUT2D eigenvalue weighted by molar-refractivity contribution is 5.88. The van der Waals surface area contributed by atoms with Gasteiger partial charge in [-0.3, -0.25) is 4.79 Å². The Labute approximate surface area is 184 Å². The molecule has 29 heavy (non-hydrogen) atoms. The van der Waals surface area contributed by atoms with Crippen molar-refractivity contribution in [2.75, 3.05) is 6.61 Å². The third kappa shape index (κ3) is 5.20. The first-order valence-electron chi connectivity index (χ1n) is 9.23. The van der Waals surface area contributed by atoms with Crippen LogP contribution in [0.15, 0.2) is 48.7 Å². The van der Waals surface area contributed by atoms with Gasteiger partial charge < -0.3 is 20.5 Å². The van der Waals surface area contributed by atoms with Crippen LogP contribution in [0.1, 0.15) is 32.8 Å². The molecule has 1 amide bonds. The number of carbonyl (C=O) groups excluding carboxylic acids is 1. The van der Waals surface area contributed by atoms with Gasteiger partial charge in [0.15, 0.2) is 0 Å². The number of pyridine rings is 1. The Morgan fingerprint density at radius 2 is 1.90 bits per heavy atom. The van der Waals surface area contributed by atoms with E-state index in [9.17, 15) is 4.79 Å². The maximum absolute atomic E-state index is 12.7. The van der Waals surface area contributed by atoms with E-state index in [0.29, 0.717) is 25.5 Å². The lowest BCUT2D eigenvalue weighted by Crippen LogP contribution is -2.75. The third-order valence-electron chi connectivity index (χ3n) is 5.45. The van der Waals surface area contributed by atoms with E-state index < -0.39 is 11.0 Å². The smallest absolute Gasteiger partial charge is 0.241 e. The number of para-hydroxylation sites is 1. The van der Waals surface area contributed by atoms with Gasteiger partial charge in [0.05, 0.1) is 6.10 Å². The molecule has 1 saturated carbocycles. The van der Waals surface area contributed by atoms with Crippen molar-refractivity contribution in [3.8, 4) is 11.6 Å². The van der Waals surface area contributed by atoms with Gasteiger partial charge in [0.2, 0.25) is 11.8 Å². The number of nitrogens with one attached hydrogen (secondary N) is 1. The fourth-order valence-electron chi connectivity index (χ4n) is 3.35. The Morgan fingerprint density at radius 3 is 2.45 bits per heavy atom. The number of hydrogen-bond donors (Lipinski definition) is 2. The van der Waals surface area contributed by atoms with Crippen molar-refractivity contribution in [2.24, 2.45) is 11.1 Å². The normalized spacial score (nSPS) is 21.7. The molecule has 1 aliphatic rings. The molecule has 2 unspecified atom stereocenters. The van der Waals surface area contributed by atoms with Gasteiger partial charge in [0, 0.05) is 37.3 Å². The molecule has 1 aromatic carbocycles. The second-order valence-electron chi connectivity index (χ2n) is 7.44. The minimum absolute atomic E-state index is 0. The maximum Gasteiger partial charge on any atom is 0.241 e. The number of rotatable bonds is 7. The van der Waals surface area contributed by atoms with Crippen LogP contribution >= 0.6 is 24.8 Å². The molecule has 3 rings (SSSR count). The Balaban J connectivity index is 0.00000210. The van der Waals surface area contributed by atoms with Crippen LogP contribution in [0.25, 0.3) is 0 Å². The molecule has 2 aromatic rings. The zero-order chi connectivity index (χ0) is 19.5. The van der Waals surface area contributed by atoms with Gasteiger partial charge in [-0.25, -0.2) is 4.98 Å². The SMILES string of the molecule is CCOC1CC(N)(C(=O)NCc2ccc(Oc3ccccc3)nc2)C1(C)C.Cl.Cl. The average Bonchev–Trinajstić information content (AvgIpc) is 2.67. The molecule has 1 aromatic heterocycles. The Kier molecular flexibility index (Phi) is 8.90. The number of nitrogens with two attached hydrogens (primary N) is 1. The monoisotopic (exact) mass is 441 g/mol. The molecular formula is C21H29Cl2N3O3. The van der Waals surface area contributed by atoms with Gasteiger partial charge in [-0.15, -0.1) is 24.8 Å². The van der Waals surface area contributed by atoms with E-state index in [1.54, 1.807) is 12.3 Å². The number of ether oxygens (including phenoxy) is 2. The predicted molar refractivity (Wildman–Crippen MR) is 118 cm³/mol. The molecule has 0 spiro atoms. The molecule has 3 N–H and O–H groups in total. The lowest BCUT2D eigenvalue weighted by atomic mass is 9.54. The van der Waals surface area contributed by atoms with E-state index in [0.717, 1.165) is 11.3 Å². The Hall–Kier alpha value is -1.86. The summed E-state index contributed by atoms with van der Waals surface area (Å²) >= 11 is 0. The minimum Gasteiger partial charge on any atom is -0.439 e. The second kappa shape index (κ2) is 10.3. The van der Waals surface area contributed by atoms with Gasteiger partial charge in [-0.05, 0) is 24.6 Å². The van der Waals surface area contributed by atoms with Crippen LogP contribution in [0.4, 0.5) is 0 Å². The van der Waals surface area contributed by atoms with Crippen LogP contribution in [0.3, 0.4) is 0 Å². The van der Waals surface area contributed by atoms with Crippen LogP contribution < -0.4 is 15.8 Å². The van der Waals surface area contributed by atoms with Crippen molar-refractivity contribution in [3.63, 3.8) is 0 Å². The largest absolute Gasteiger partial charge is 0.439 e. The highest BCUT2D eigenvalue weighted by atomic mass is 35.5. The molecule has 160 valence electrons. The number of benzene rings is 1. The summed E-state index contributed by atoms with van der Waals surface area (Å²) in [5, 5.41) is 2.93. The summed E-state index contributed by atoms with van der Waals surface area (Å²) in [6.07, 6.45) is 2.23. The third-order valence-corrected chi connectivity index (χ3v) is 5.45. The number of amides is 1. The van der Waals surface area contributed by atoms with Crippen LogP contribution in [0, 0.1) is 5.41 Å². The fraction of sp³-hybridized carbons (Fsp3) is 0.429. The van der Waals surface area contributed by atoms with Crippen LogP contribution in [-0.4, -0.2) is 29.1 Å². The molecule has 8 heteroatoms. The Morgan fingerprint density at radius 1 is 1.21 bits per heavy atom. The quantitative estimate of drug-likeness (QED) is 0.680. The molecule has 1 fully saturated rings. The fourth-order valence-corrected chi connectivity index (χ4v) is 3.35. The number of nitrogens with zero attached hydrogens (tertiary/aromatic N) is 1. The number of hydrogen-bond acceptors (Lipinski definition) is 5. The van der Waals surface area contributed by atoms with E-state index in [2.05, 4.69) is 10.3 Å². The first-order chi connectivity index (χ1) is 12.9.